The number of pyridine rings is 1. The second kappa shape index (κ2) is 2.94. The minimum Gasteiger partial charge on any atom is -0.477 e. The summed E-state index contributed by atoms with van der Waals surface area (Å²) < 4.78 is 6.35. The summed E-state index contributed by atoms with van der Waals surface area (Å²) in [6.45, 7) is 1.60. The van der Waals surface area contributed by atoms with Gasteiger partial charge in [-0.25, -0.2) is 4.79 Å². The molecular weight excluding hydrogens is 200 g/mol. The monoisotopic (exact) mass is 208 g/mol. The Morgan fingerprint density at radius 3 is 2.87 bits per heavy atom. The molecule has 0 atom stereocenters. The molecule has 2 rings (SSSR count). The molecule has 0 saturated carbocycles. The second-order valence-electron chi connectivity index (χ2n) is 3.24. The molecule has 0 saturated heterocycles. The Labute approximate surface area is 83.7 Å². The standard InChI is InChI=1S/C9H8N2O4/c1-4-6-7(12)5(9(13)14)3-11(2)8(6)15-10-4/h3H,1-2H3,(H,13,14). The summed E-state index contributed by atoms with van der Waals surface area (Å²) >= 11 is 0. The Kier molecular flexibility index (Phi) is 1.85. The fraction of sp³-hybridized carbons (Fsp3) is 0.222. The van der Waals surface area contributed by atoms with Crippen LogP contribution in [-0.4, -0.2) is 20.8 Å². The smallest absolute Gasteiger partial charge is 0.341 e. The first-order chi connectivity index (χ1) is 7.02. The van der Waals surface area contributed by atoms with Crippen LogP contribution in [0.3, 0.4) is 0 Å². The summed E-state index contributed by atoms with van der Waals surface area (Å²) in [6.07, 6.45) is 1.22. The van der Waals surface area contributed by atoms with Gasteiger partial charge in [-0.1, -0.05) is 5.16 Å². The highest BCUT2D eigenvalue weighted by atomic mass is 16.5. The number of rotatable bonds is 1. The summed E-state index contributed by atoms with van der Waals surface area (Å²) in [7, 11) is 1.60. The van der Waals surface area contributed by atoms with E-state index in [4.69, 9.17) is 9.63 Å². The van der Waals surface area contributed by atoms with Gasteiger partial charge >= 0.3 is 5.97 Å². The van der Waals surface area contributed by atoms with Crippen molar-refractivity contribution in [3.05, 3.63) is 27.7 Å². The molecule has 0 aromatic carbocycles. The quantitative estimate of drug-likeness (QED) is 0.738. The first kappa shape index (κ1) is 9.45. The van der Waals surface area contributed by atoms with Gasteiger partial charge in [0.05, 0.1) is 5.69 Å². The summed E-state index contributed by atoms with van der Waals surface area (Å²) in [4.78, 5) is 22.5. The van der Waals surface area contributed by atoms with Crippen LogP contribution in [0, 0.1) is 6.92 Å². The Hall–Kier alpha value is -2.11. The van der Waals surface area contributed by atoms with E-state index in [1.165, 1.54) is 10.8 Å². The maximum absolute atomic E-state index is 11.7. The summed E-state index contributed by atoms with van der Waals surface area (Å²) in [5, 5.41) is 12.7. The van der Waals surface area contributed by atoms with Gasteiger partial charge < -0.3 is 14.2 Å². The second-order valence-corrected chi connectivity index (χ2v) is 3.24. The highest BCUT2D eigenvalue weighted by molar-refractivity contribution is 5.91. The van der Waals surface area contributed by atoms with Gasteiger partial charge in [0.25, 0.3) is 0 Å². The number of carboxylic acids is 1. The van der Waals surface area contributed by atoms with E-state index in [2.05, 4.69) is 5.16 Å². The van der Waals surface area contributed by atoms with Crippen molar-refractivity contribution in [1.29, 1.82) is 0 Å². The molecule has 1 N–H and O–H groups in total. The van der Waals surface area contributed by atoms with Crippen LogP contribution in [0.1, 0.15) is 16.1 Å². The molecule has 0 radical (unpaired) electrons. The van der Waals surface area contributed by atoms with Gasteiger partial charge in [0.2, 0.25) is 11.1 Å². The van der Waals surface area contributed by atoms with Crippen molar-refractivity contribution in [3.63, 3.8) is 0 Å². The predicted octanol–water partition coefficient (Wildman–Crippen LogP) is 0.533. The van der Waals surface area contributed by atoms with Crippen molar-refractivity contribution in [2.24, 2.45) is 7.05 Å². The third kappa shape index (κ3) is 1.22. The van der Waals surface area contributed by atoms with E-state index >= 15 is 0 Å². The van der Waals surface area contributed by atoms with Crippen molar-refractivity contribution in [2.75, 3.05) is 0 Å². The molecule has 78 valence electrons. The highest BCUT2D eigenvalue weighted by Crippen LogP contribution is 2.13. The van der Waals surface area contributed by atoms with Gasteiger partial charge in [0, 0.05) is 13.2 Å². The number of hydrogen-bond acceptors (Lipinski definition) is 4. The number of fused-ring (bicyclic) bond motifs is 1. The molecule has 2 heterocycles. The molecule has 0 bridgehead atoms. The van der Waals surface area contributed by atoms with Crippen molar-refractivity contribution in [1.82, 2.24) is 9.72 Å². The summed E-state index contributed by atoms with van der Waals surface area (Å²) in [6, 6.07) is 0. The van der Waals surface area contributed by atoms with Crippen LogP contribution in [0.5, 0.6) is 0 Å². The molecule has 0 aliphatic rings. The lowest BCUT2D eigenvalue weighted by Crippen LogP contribution is -2.17. The molecule has 15 heavy (non-hydrogen) atoms. The predicted molar refractivity (Wildman–Crippen MR) is 50.9 cm³/mol. The van der Waals surface area contributed by atoms with Gasteiger partial charge in [0.1, 0.15) is 10.9 Å². The van der Waals surface area contributed by atoms with E-state index in [0.29, 0.717) is 5.69 Å². The van der Waals surface area contributed by atoms with E-state index < -0.39 is 11.4 Å². The van der Waals surface area contributed by atoms with Crippen LogP contribution in [0.2, 0.25) is 0 Å². The van der Waals surface area contributed by atoms with Gasteiger partial charge in [-0.3, -0.25) is 4.79 Å². The SMILES string of the molecule is Cc1noc2c1c(=O)c(C(=O)O)cn2C. The Morgan fingerprint density at radius 2 is 2.27 bits per heavy atom. The molecular formula is C9H8N2O4. The van der Waals surface area contributed by atoms with Gasteiger partial charge in [0.15, 0.2) is 0 Å². The van der Waals surface area contributed by atoms with E-state index in [9.17, 15) is 9.59 Å². The van der Waals surface area contributed by atoms with Gasteiger partial charge in [-0.2, -0.15) is 0 Å². The topological polar surface area (TPSA) is 85.3 Å². The van der Waals surface area contributed by atoms with E-state index in [1.807, 2.05) is 0 Å². The van der Waals surface area contributed by atoms with Crippen molar-refractivity contribution in [2.45, 2.75) is 6.92 Å². The lowest BCUT2D eigenvalue weighted by Gasteiger charge is -2.00. The molecule has 0 fully saturated rings. The maximum atomic E-state index is 11.7. The molecule has 6 heteroatoms. The fourth-order valence-electron chi connectivity index (χ4n) is 1.46. The number of aryl methyl sites for hydroxylation is 2. The van der Waals surface area contributed by atoms with Crippen molar-refractivity contribution < 1.29 is 14.4 Å². The molecule has 0 aliphatic carbocycles. The molecule has 0 unspecified atom stereocenters. The van der Waals surface area contributed by atoms with Crippen LogP contribution in [-0.2, 0) is 7.05 Å². The minimum absolute atomic E-state index is 0.220. The van der Waals surface area contributed by atoms with Gasteiger partial charge in [-0.15, -0.1) is 0 Å². The average Bonchev–Trinajstić information content (AvgIpc) is 2.54. The average molecular weight is 208 g/mol. The molecule has 0 amide bonds. The normalized spacial score (nSPS) is 10.8. The third-order valence-corrected chi connectivity index (χ3v) is 2.19. The van der Waals surface area contributed by atoms with Crippen LogP contribution < -0.4 is 5.43 Å². The summed E-state index contributed by atoms with van der Waals surface area (Å²) in [5.41, 5.74) is -0.165. The summed E-state index contributed by atoms with van der Waals surface area (Å²) in [5.74, 6) is -1.25. The lowest BCUT2D eigenvalue weighted by molar-refractivity contribution is 0.0695. The number of aromatic nitrogens is 2. The molecule has 2 aromatic heterocycles. The first-order valence-electron chi connectivity index (χ1n) is 4.21. The number of aromatic carboxylic acids is 1. The van der Waals surface area contributed by atoms with Crippen LogP contribution >= 0.6 is 0 Å². The molecule has 0 aliphatic heterocycles. The largest absolute Gasteiger partial charge is 0.477 e. The minimum atomic E-state index is -1.25. The fourth-order valence-corrected chi connectivity index (χ4v) is 1.46. The highest BCUT2D eigenvalue weighted by Gasteiger charge is 2.17. The zero-order chi connectivity index (χ0) is 11.2. The number of nitrogens with zero attached hydrogens (tertiary/aromatic N) is 2. The van der Waals surface area contributed by atoms with Crippen LogP contribution in [0.25, 0.3) is 11.1 Å². The molecule has 2 aromatic rings. The van der Waals surface area contributed by atoms with E-state index in [-0.39, 0.29) is 16.7 Å². The van der Waals surface area contributed by atoms with Crippen LogP contribution in [0.4, 0.5) is 0 Å². The van der Waals surface area contributed by atoms with Gasteiger partial charge in [-0.05, 0) is 6.92 Å². The maximum Gasteiger partial charge on any atom is 0.341 e. The number of hydrogen-bond donors (Lipinski definition) is 1. The van der Waals surface area contributed by atoms with E-state index in [0.717, 1.165) is 0 Å². The Morgan fingerprint density at radius 1 is 1.60 bits per heavy atom. The Bertz CT molecular complexity index is 608. The lowest BCUT2D eigenvalue weighted by atomic mass is 10.2. The van der Waals surface area contributed by atoms with Crippen molar-refractivity contribution >= 4 is 17.1 Å². The zero-order valence-electron chi connectivity index (χ0n) is 8.14. The number of carbonyl (C=O) groups is 1. The number of carboxylic acid groups (broad SMARTS) is 1. The molecule has 0 spiro atoms. The van der Waals surface area contributed by atoms with Crippen LogP contribution in [0.15, 0.2) is 15.5 Å². The van der Waals surface area contributed by atoms with E-state index in [1.54, 1.807) is 14.0 Å². The zero-order valence-corrected chi connectivity index (χ0v) is 8.14. The first-order valence-corrected chi connectivity index (χ1v) is 4.21. The molecule has 6 nitrogen and oxygen atoms in total. The van der Waals surface area contributed by atoms with Crippen molar-refractivity contribution in [3.8, 4) is 0 Å². The Balaban J connectivity index is 3.01. The third-order valence-electron chi connectivity index (χ3n) is 2.19.